The van der Waals surface area contributed by atoms with Gasteiger partial charge in [-0.05, 0) is 35.6 Å². The lowest BCUT2D eigenvalue weighted by atomic mass is 9.93. The number of nitrogens with zero attached hydrogens (tertiary/aromatic N) is 1. The number of hydrogen-bond acceptors (Lipinski definition) is 2. The maximum absolute atomic E-state index is 12.8. The number of H-pyrrole nitrogens is 1. The molecule has 1 N–H and O–H groups in total. The Labute approximate surface area is 155 Å². The summed E-state index contributed by atoms with van der Waals surface area (Å²) in [6.07, 6.45) is 2.62. The van der Waals surface area contributed by atoms with Gasteiger partial charge in [-0.2, -0.15) is 18.3 Å². The number of aromatic nitrogens is 2. The van der Waals surface area contributed by atoms with E-state index < -0.39 is 12.1 Å². The summed E-state index contributed by atoms with van der Waals surface area (Å²) >= 11 is 0. The zero-order chi connectivity index (χ0) is 19.2. The molecule has 0 aliphatic heterocycles. The zero-order valence-corrected chi connectivity index (χ0v) is 15.3. The summed E-state index contributed by atoms with van der Waals surface area (Å²) in [6.45, 7) is 2.10. The fourth-order valence-corrected chi connectivity index (χ4v) is 3.90. The third-order valence-electron chi connectivity index (χ3n) is 5.44. The van der Waals surface area contributed by atoms with E-state index in [-0.39, 0.29) is 6.42 Å². The first-order valence-corrected chi connectivity index (χ1v) is 9.11. The number of aromatic amines is 1. The monoisotopic (exact) mass is 374 g/mol. The Morgan fingerprint density at radius 1 is 1.30 bits per heavy atom. The number of benzene rings is 1. The Balaban J connectivity index is 1.57. The number of methoxy groups -OCH3 is 1. The van der Waals surface area contributed by atoms with Crippen LogP contribution in [-0.2, 0) is 19.3 Å². The molecule has 0 radical (unpaired) electrons. The zero-order valence-electron chi connectivity index (χ0n) is 15.3. The predicted molar refractivity (Wildman–Crippen MR) is 97.8 cm³/mol. The molecule has 0 saturated carbocycles. The van der Waals surface area contributed by atoms with E-state index in [1.807, 2.05) is 6.07 Å². The van der Waals surface area contributed by atoms with Gasteiger partial charge in [-0.25, -0.2) is 0 Å². The molecule has 3 nitrogen and oxygen atoms in total. The molecule has 1 unspecified atom stereocenters. The van der Waals surface area contributed by atoms with E-state index in [4.69, 9.17) is 4.74 Å². The van der Waals surface area contributed by atoms with Crippen LogP contribution in [0.25, 0.3) is 11.3 Å². The molecule has 0 saturated heterocycles. The highest BCUT2D eigenvalue weighted by Gasteiger charge is 2.37. The second-order valence-electron chi connectivity index (χ2n) is 7.08. The van der Waals surface area contributed by atoms with Crippen LogP contribution < -0.4 is 4.74 Å². The maximum atomic E-state index is 12.8. The van der Waals surface area contributed by atoms with Crippen molar-refractivity contribution in [2.45, 2.75) is 38.8 Å². The number of hydrogen-bond donors (Lipinski definition) is 1. The van der Waals surface area contributed by atoms with Gasteiger partial charge in [-0.1, -0.05) is 31.2 Å². The van der Waals surface area contributed by atoms with Crippen LogP contribution in [0.1, 0.15) is 35.7 Å². The van der Waals surface area contributed by atoms with E-state index >= 15 is 0 Å². The molecule has 0 bridgehead atoms. The summed E-state index contributed by atoms with van der Waals surface area (Å²) in [6, 6.07) is 4.21. The molecule has 27 heavy (non-hydrogen) atoms. The molecular formula is C21H21F3N2O. The average Bonchev–Trinajstić information content (AvgIpc) is 3.19. The van der Waals surface area contributed by atoms with Crippen molar-refractivity contribution in [3.05, 3.63) is 58.3 Å². The van der Waals surface area contributed by atoms with Gasteiger partial charge in [0.2, 0.25) is 0 Å². The van der Waals surface area contributed by atoms with E-state index in [9.17, 15) is 13.2 Å². The minimum Gasteiger partial charge on any atom is -0.496 e. The van der Waals surface area contributed by atoms with Gasteiger partial charge in [0.15, 0.2) is 0 Å². The quantitative estimate of drug-likeness (QED) is 0.685. The number of nitrogens with one attached hydrogen (secondary N) is 1. The fraction of sp³-hybridized carbons (Fsp3) is 0.381. The van der Waals surface area contributed by atoms with Crippen molar-refractivity contribution < 1.29 is 17.9 Å². The summed E-state index contributed by atoms with van der Waals surface area (Å²) in [5.74, 6) is -0.511. The highest BCUT2D eigenvalue weighted by atomic mass is 19.4. The molecule has 1 aromatic heterocycles. The number of aryl methyl sites for hydroxylation is 1. The number of ether oxygens (including phenoxy) is 1. The molecule has 1 heterocycles. The van der Waals surface area contributed by atoms with Crippen molar-refractivity contribution in [3.8, 4) is 17.0 Å². The third kappa shape index (κ3) is 3.17. The van der Waals surface area contributed by atoms with E-state index in [2.05, 4.69) is 23.2 Å². The molecule has 142 valence electrons. The lowest BCUT2D eigenvalue weighted by Crippen LogP contribution is -2.21. The van der Waals surface area contributed by atoms with E-state index in [0.717, 1.165) is 46.7 Å². The van der Waals surface area contributed by atoms with Crippen molar-refractivity contribution in [2.75, 3.05) is 7.11 Å². The molecule has 0 spiro atoms. The van der Waals surface area contributed by atoms with Gasteiger partial charge in [0.1, 0.15) is 5.75 Å². The summed E-state index contributed by atoms with van der Waals surface area (Å²) < 4.78 is 43.9. The lowest BCUT2D eigenvalue weighted by Gasteiger charge is -2.19. The molecule has 1 aromatic carbocycles. The average molecular weight is 374 g/mol. The summed E-state index contributed by atoms with van der Waals surface area (Å²) in [4.78, 5) is 0. The predicted octanol–water partition coefficient (Wildman–Crippen LogP) is 5.16. The lowest BCUT2D eigenvalue weighted by molar-refractivity contribution is -0.160. The van der Waals surface area contributed by atoms with E-state index in [1.54, 1.807) is 19.3 Å². The van der Waals surface area contributed by atoms with Crippen LogP contribution >= 0.6 is 0 Å². The number of fused-ring (bicyclic) bond motifs is 3. The van der Waals surface area contributed by atoms with Crippen LogP contribution in [0.3, 0.4) is 0 Å². The Morgan fingerprint density at radius 2 is 2.11 bits per heavy atom. The topological polar surface area (TPSA) is 37.9 Å². The van der Waals surface area contributed by atoms with Gasteiger partial charge in [0.05, 0.1) is 18.7 Å². The highest BCUT2D eigenvalue weighted by Crippen LogP contribution is 2.41. The van der Waals surface area contributed by atoms with E-state index in [0.29, 0.717) is 6.42 Å². The van der Waals surface area contributed by atoms with Crippen LogP contribution in [0.15, 0.2) is 35.9 Å². The van der Waals surface area contributed by atoms with Crippen LogP contribution in [0.2, 0.25) is 0 Å². The number of allylic oxidation sites excluding steroid dienone is 4. The van der Waals surface area contributed by atoms with Crippen molar-refractivity contribution >= 4 is 0 Å². The molecular weight excluding hydrogens is 353 g/mol. The van der Waals surface area contributed by atoms with Crippen LogP contribution in [0.4, 0.5) is 13.2 Å². The highest BCUT2D eigenvalue weighted by molar-refractivity contribution is 5.76. The van der Waals surface area contributed by atoms with Crippen molar-refractivity contribution in [1.29, 1.82) is 0 Å². The van der Waals surface area contributed by atoms with Gasteiger partial charge < -0.3 is 4.74 Å². The van der Waals surface area contributed by atoms with E-state index in [1.165, 1.54) is 17.2 Å². The Morgan fingerprint density at radius 3 is 2.74 bits per heavy atom. The minimum atomic E-state index is -4.18. The van der Waals surface area contributed by atoms with Gasteiger partial charge in [-0.15, -0.1) is 0 Å². The first-order valence-electron chi connectivity index (χ1n) is 9.11. The van der Waals surface area contributed by atoms with Crippen LogP contribution in [-0.4, -0.2) is 23.5 Å². The van der Waals surface area contributed by atoms with Crippen molar-refractivity contribution in [1.82, 2.24) is 10.2 Å². The molecule has 4 rings (SSSR count). The largest absolute Gasteiger partial charge is 0.496 e. The van der Waals surface area contributed by atoms with Gasteiger partial charge in [-0.3, -0.25) is 5.10 Å². The molecule has 2 aliphatic carbocycles. The molecule has 0 fully saturated rings. The Kier molecular flexibility index (Phi) is 4.36. The first-order chi connectivity index (χ1) is 12.9. The smallest absolute Gasteiger partial charge is 0.395 e. The molecule has 1 atom stereocenters. The van der Waals surface area contributed by atoms with Gasteiger partial charge in [0, 0.05) is 29.7 Å². The Bertz CT molecular complexity index is 938. The maximum Gasteiger partial charge on any atom is 0.395 e. The first kappa shape index (κ1) is 17.9. The standard InChI is InChI=1S/C21H21F3N2O/c1-3-13-9-14-10-17-18(25-26-20(17)16(14)11-19(13)27-2)8-12-4-6-15(7-5-12)21(22,23)24/h4-6,9,11,15H,3,7-8,10H2,1-2H3,(H,25,26). The van der Waals surface area contributed by atoms with Crippen molar-refractivity contribution in [3.63, 3.8) is 0 Å². The molecule has 2 aliphatic rings. The molecule has 6 heteroatoms. The SMILES string of the molecule is CCc1cc2c(cc1OC)-c1n[nH]c(CC3=CCC(C(F)(F)F)C=C3)c1C2. The van der Waals surface area contributed by atoms with Crippen LogP contribution in [0.5, 0.6) is 5.75 Å². The second kappa shape index (κ2) is 6.59. The molecule has 2 aromatic rings. The van der Waals surface area contributed by atoms with Gasteiger partial charge >= 0.3 is 6.18 Å². The Hall–Kier alpha value is -2.50. The normalized spacial score (nSPS) is 18.3. The third-order valence-corrected chi connectivity index (χ3v) is 5.44. The number of alkyl halides is 3. The molecule has 0 amide bonds. The van der Waals surface area contributed by atoms with Crippen molar-refractivity contribution in [2.24, 2.45) is 5.92 Å². The fourth-order valence-electron chi connectivity index (χ4n) is 3.90. The summed E-state index contributed by atoms with van der Waals surface area (Å²) in [5, 5.41) is 7.56. The minimum absolute atomic E-state index is 0.00292. The number of rotatable bonds is 4. The van der Waals surface area contributed by atoms with Gasteiger partial charge in [0.25, 0.3) is 0 Å². The summed E-state index contributed by atoms with van der Waals surface area (Å²) in [5.41, 5.74) is 7.40. The second-order valence-corrected chi connectivity index (χ2v) is 7.08. The number of halogens is 3. The van der Waals surface area contributed by atoms with Crippen LogP contribution in [0, 0.1) is 5.92 Å². The summed E-state index contributed by atoms with van der Waals surface area (Å²) in [7, 11) is 1.67.